The second-order valence-corrected chi connectivity index (χ2v) is 8.02. The van der Waals surface area contributed by atoms with Crippen molar-refractivity contribution in [2.75, 3.05) is 13.2 Å². The molecule has 4 rings (SSSR count). The summed E-state index contributed by atoms with van der Waals surface area (Å²) >= 11 is 0. The minimum Gasteiger partial charge on any atom is -0.479 e. The Balaban J connectivity index is 1.42. The molecule has 9 nitrogen and oxygen atoms in total. The summed E-state index contributed by atoms with van der Waals surface area (Å²) in [4.78, 5) is 39.0. The van der Waals surface area contributed by atoms with Crippen LogP contribution >= 0.6 is 0 Å². The Morgan fingerprint density at radius 3 is 2.21 bits per heavy atom. The van der Waals surface area contributed by atoms with Gasteiger partial charge in [0.15, 0.2) is 6.10 Å². The zero-order valence-corrected chi connectivity index (χ0v) is 18.2. The highest BCUT2D eigenvalue weighted by Crippen LogP contribution is 2.44. The van der Waals surface area contributed by atoms with Gasteiger partial charge in [-0.05, 0) is 34.4 Å². The van der Waals surface area contributed by atoms with Gasteiger partial charge in [0.25, 0.3) is 0 Å². The Bertz CT molecular complexity index is 1130. The fraction of sp³-hybridized carbons (Fsp3) is 0.240. The predicted molar refractivity (Wildman–Crippen MR) is 123 cm³/mol. The topological polar surface area (TPSA) is 141 Å². The summed E-state index contributed by atoms with van der Waals surface area (Å²) in [5.41, 5.74) is 5.04. The van der Waals surface area contributed by atoms with Gasteiger partial charge in [0.1, 0.15) is 12.6 Å². The van der Waals surface area contributed by atoms with Crippen LogP contribution in [0.5, 0.6) is 0 Å². The molecule has 5 N–H and O–H groups in total. The maximum absolute atomic E-state index is 12.6. The first-order valence-electron chi connectivity index (χ1n) is 10.9. The molecule has 0 spiro atoms. The number of aromatic nitrogens is 1. The molecule has 0 radical (unpaired) electrons. The Labute approximate surface area is 195 Å². The molecule has 0 saturated carbocycles. The molecule has 2 unspecified atom stereocenters. The molecule has 2 aromatic carbocycles. The van der Waals surface area contributed by atoms with Gasteiger partial charge in [-0.3, -0.25) is 4.79 Å². The number of nitrogens with one attached hydrogen (secondary N) is 3. The van der Waals surface area contributed by atoms with Crippen LogP contribution in [0.2, 0.25) is 0 Å². The normalized spacial score (nSPS) is 13.9. The van der Waals surface area contributed by atoms with Crippen LogP contribution in [-0.2, 0) is 20.7 Å². The number of ether oxygens (including phenoxy) is 1. The number of aliphatic hydroxyl groups is 1. The summed E-state index contributed by atoms with van der Waals surface area (Å²) in [7, 11) is 0. The van der Waals surface area contributed by atoms with Gasteiger partial charge >= 0.3 is 12.1 Å². The monoisotopic (exact) mass is 463 g/mol. The third-order valence-corrected chi connectivity index (χ3v) is 5.79. The van der Waals surface area contributed by atoms with Crippen LogP contribution < -0.4 is 10.6 Å². The average molecular weight is 463 g/mol. The summed E-state index contributed by atoms with van der Waals surface area (Å²) in [5, 5.41) is 23.1. The molecular formula is C25H25N3O6. The first-order valence-corrected chi connectivity index (χ1v) is 10.9. The lowest BCUT2D eigenvalue weighted by molar-refractivity contribution is -0.146. The molecule has 1 heterocycles. The van der Waals surface area contributed by atoms with E-state index in [4.69, 9.17) is 9.84 Å². The number of hydrogen-bond acceptors (Lipinski definition) is 5. The summed E-state index contributed by atoms with van der Waals surface area (Å²) < 4.78 is 5.52. The van der Waals surface area contributed by atoms with Gasteiger partial charge in [0.2, 0.25) is 5.91 Å². The van der Waals surface area contributed by atoms with Crippen LogP contribution in [0, 0.1) is 0 Å². The van der Waals surface area contributed by atoms with Gasteiger partial charge in [0, 0.05) is 24.2 Å². The fourth-order valence-electron chi connectivity index (χ4n) is 4.11. The number of aliphatic hydroxyl groups excluding tert-OH is 1. The van der Waals surface area contributed by atoms with E-state index in [2.05, 4.69) is 15.6 Å². The molecule has 2 atom stereocenters. The lowest BCUT2D eigenvalue weighted by atomic mass is 9.98. The van der Waals surface area contributed by atoms with E-state index in [0.29, 0.717) is 5.69 Å². The first kappa shape index (κ1) is 23.1. The Morgan fingerprint density at radius 2 is 1.62 bits per heavy atom. The number of fused-ring (bicyclic) bond motifs is 3. The molecule has 1 aromatic heterocycles. The molecule has 0 bridgehead atoms. The molecule has 3 aromatic rings. The van der Waals surface area contributed by atoms with E-state index in [9.17, 15) is 19.5 Å². The van der Waals surface area contributed by atoms with Crippen molar-refractivity contribution < 1.29 is 29.3 Å². The molecule has 1 aliphatic carbocycles. The van der Waals surface area contributed by atoms with Crippen molar-refractivity contribution in [1.82, 2.24) is 15.6 Å². The van der Waals surface area contributed by atoms with Crippen molar-refractivity contribution in [2.24, 2.45) is 0 Å². The van der Waals surface area contributed by atoms with Gasteiger partial charge in [-0.25, -0.2) is 9.59 Å². The third-order valence-electron chi connectivity index (χ3n) is 5.79. The molecule has 0 saturated heterocycles. The van der Waals surface area contributed by atoms with Crippen LogP contribution in [0.1, 0.15) is 22.7 Å². The summed E-state index contributed by atoms with van der Waals surface area (Å²) in [6.45, 7) is -0.393. The maximum Gasteiger partial charge on any atom is 0.407 e. The summed E-state index contributed by atoms with van der Waals surface area (Å²) in [6, 6.07) is 18.4. The Kier molecular flexibility index (Phi) is 6.93. The highest BCUT2D eigenvalue weighted by Gasteiger charge is 2.30. The SMILES string of the molecule is O=C(NC(Cc1ccc[nH]1)C(=O)NCC(O)C(=O)O)OCC1c2ccccc2-c2ccccc21. The van der Waals surface area contributed by atoms with Crippen molar-refractivity contribution >= 4 is 18.0 Å². The molecule has 2 amide bonds. The van der Waals surface area contributed by atoms with Crippen LogP contribution in [0.25, 0.3) is 11.1 Å². The van der Waals surface area contributed by atoms with E-state index in [0.717, 1.165) is 22.3 Å². The summed E-state index contributed by atoms with van der Waals surface area (Å²) in [6.07, 6.45) is -0.699. The number of rotatable bonds is 9. The van der Waals surface area contributed by atoms with Crippen molar-refractivity contribution in [1.29, 1.82) is 0 Å². The molecule has 34 heavy (non-hydrogen) atoms. The highest BCUT2D eigenvalue weighted by atomic mass is 16.5. The largest absolute Gasteiger partial charge is 0.479 e. The van der Waals surface area contributed by atoms with Crippen LogP contribution in [0.3, 0.4) is 0 Å². The van der Waals surface area contributed by atoms with E-state index in [1.54, 1.807) is 18.3 Å². The molecule has 0 fully saturated rings. The number of carbonyl (C=O) groups is 3. The second-order valence-electron chi connectivity index (χ2n) is 8.02. The van der Waals surface area contributed by atoms with Gasteiger partial charge in [-0.15, -0.1) is 0 Å². The number of carboxylic acid groups (broad SMARTS) is 1. The average Bonchev–Trinajstić information content (AvgIpc) is 3.46. The van der Waals surface area contributed by atoms with Crippen molar-refractivity contribution in [3.05, 3.63) is 83.7 Å². The molecule has 176 valence electrons. The van der Waals surface area contributed by atoms with Gasteiger partial charge in [0.05, 0.1) is 6.54 Å². The van der Waals surface area contributed by atoms with E-state index >= 15 is 0 Å². The van der Waals surface area contributed by atoms with E-state index in [-0.39, 0.29) is 18.9 Å². The number of aliphatic carboxylic acids is 1. The highest BCUT2D eigenvalue weighted by molar-refractivity contribution is 5.86. The van der Waals surface area contributed by atoms with Gasteiger partial charge in [-0.1, -0.05) is 48.5 Å². The lowest BCUT2D eigenvalue weighted by Gasteiger charge is -2.20. The molecule has 1 aliphatic rings. The number of aromatic amines is 1. The van der Waals surface area contributed by atoms with Crippen LogP contribution in [0.15, 0.2) is 66.9 Å². The smallest absolute Gasteiger partial charge is 0.407 e. The van der Waals surface area contributed by atoms with Gasteiger partial charge in [-0.2, -0.15) is 0 Å². The third kappa shape index (κ3) is 5.10. The molecule has 9 heteroatoms. The molecular weight excluding hydrogens is 438 g/mol. The van der Waals surface area contributed by atoms with E-state index in [1.807, 2.05) is 48.5 Å². The fourth-order valence-corrected chi connectivity index (χ4v) is 4.11. The predicted octanol–water partition coefficient (Wildman–Crippen LogP) is 2.03. The van der Waals surface area contributed by atoms with Crippen molar-refractivity contribution in [3.63, 3.8) is 0 Å². The standard InChI is InChI=1S/C25H25N3O6/c29-22(24(31)32)13-27-23(30)21(12-15-6-5-11-26-15)28-25(33)34-14-20-18-9-3-1-7-16(18)17-8-2-4-10-19(17)20/h1-11,20-22,26,29H,12-14H2,(H,27,30)(H,28,33)(H,31,32). The first-order chi connectivity index (χ1) is 16.4. The number of alkyl carbamates (subject to hydrolysis) is 1. The quantitative estimate of drug-likeness (QED) is 0.329. The number of H-pyrrole nitrogens is 1. The molecule has 0 aliphatic heterocycles. The Morgan fingerprint density at radius 1 is 0.971 bits per heavy atom. The van der Waals surface area contributed by atoms with Crippen LogP contribution in [-0.4, -0.2) is 58.5 Å². The second kappa shape index (κ2) is 10.2. The van der Waals surface area contributed by atoms with Gasteiger partial charge < -0.3 is 30.6 Å². The number of amides is 2. The number of carboxylic acids is 1. The number of benzene rings is 2. The minimum atomic E-state index is -1.75. The number of carbonyl (C=O) groups excluding carboxylic acids is 2. The lowest BCUT2D eigenvalue weighted by Crippen LogP contribution is -2.50. The zero-order chi connectivity index (χ0) is 24.1. The van der Waals surface area contributed by atoms with Crippen LogP contribution in [0.4, 0.5) is 4.79 Å². The zero-order valence-electron chi connectivity index (χ0n) is 18.2. The number of hydrogen-bond donors (Lipinski definition) is 5. The minimum absolute atomic E-state index is 0.0917. The summed E-state index contributed by atoms with van der Waals surface area (Å²) in [5.74, 6) is -2.21. The maximum atomic E-state index is 12.6. The van der Waals surface area contributed by atoms with E-state index < -0.39 is 36.7 Å². The van der Waals surface area contributed by atoms with Crippen molar-refractivity contribution in [2.45, 2.75) is 24.5 Å². The van der Waals surface area contributed by atoms with E-state index in [1.165, 1.54) is 0 Å². The van der Waals surface area contributed by atoms with Crippen molar-refractivity contribution in [3.8, 4) is 11.1 Å². The Hall–Kier alpha value is -4.11.